The molecule has 1 atom stereocenters. The van der Waals surface area contributed by atoms with E-state index in [2.05, 4.69) is 29.8 Å². The molecule has 3 N–H and O–H groups in total. The molecular weight excluding hydrogens is 230 g/mol. The normalized spacial score (nSPS) is 26.4. The van der Waals surface area contributed by atoms with Gasteiger partial charge in [0.2, 0.25) is 11.8 Å². The molecule has 0 spiro atoms. The summed E-state index contributed by atoms with van der Waals surface area (Å²) in [5, 5.41) is 8.83. The minimum absolute atomic E-state index is 0.0463. The fourth-order valence-corrected chi connectivity index (χ4v) is 2.43. The minimum Gasteiger partial charge on any atom is -0.352 e. The third kappa shape index (κ3) is 3.45. The molecule has 1 aliphatic carbocycles. The number of rotatable bonds is 4. The third-order valence-electron chi connectivity index (χ3n) is 3.76. The molecule has 5 heteroatoms. The molecule has 0 aromatic rings. The van der Waals surface area contributed by atoms with E-state index in [0.717, 1.165) is 32.2 Å². The fourth-order valence-electron chi connectivity index (χ4n) is 2.43. The average molecular weight is 253 g/mol. The predicted octanol–water partition coefficient (Wildman–Crippen LogP) is 0.159. The summed E-state index contributed by atoms with van der Waals surface area (Å²) in [5.74, 6) is -0.148. The number of amides is 2. The van der Waals surface area contributed by atoms with Crippen molar-refractivity contribution in [2.24, 2.45) is 5.41 Å². The first-order valence-electron chi connectivity index (χ1n) is 6.79. The molecule has 1 saturated carbocycles. The summed E-state index contributed by atoms with van der Waals surface area (Å²) < 4.78 is 0. The second-order valence-electron chi connectivity index (χ2n) is 6.04. The Morgan fingerprint density at radius 2 is 2.06 bits per heavy atom. The van der Waals surface area contributed by atoms with Gasteiger partial charge >= 0.3 is 0 Å². The highest BCUT2D eigenvalue weighted by atomic mass is 16.2. The zero-order chi connectivity index (χ0) is 13.2. The minimum atomic E-state index is -0.194. The van der Waals surface area contributed by atoms with E-state index in [9.17, 15) is 9.59 Å². The number of hydrogen-bond donors (Lipinski definition) is 3. The van der Waals surface area contributed by atoms with Crippen molar-refractivity contribution in [2.75, 3.05) is 13.1 Å². The van der Waals surface area contributed by atoms with Crippen molar-refractivity contribution in [1.82, 2.24) is 16.0 Å². The molecule has 18 heavy (non-hydrogen) atoms. The van der Waals surface area contributed by atoms with Crippen LogP contribution in [0.2, 0.25) is 0 Å². The topological polar surface area (TPSA) is 70.2 Å². The Morgan fingerprint density at radius 3 is 2.67 bits per heavy atom. The zero-order valence-corrected chi connectivity index (χ0v) is 11.2. The molecular formula is C13H23N3O2. The molecule has 1 saturated heterocycles. The van der Waals surface area contributed by atoms with E-state index in [1.807, 2.05) is 0 Å². The second kappa shape index (κ2) is 5.26. The lowest BCUT2D eigenvalue weighted by molar-refractivity contribution is -0.129. The molecule has 1 unspecified atom stereocenters. The molecule has 1 heterocycles. The molecule has 2 fully saturated rings. The van der Waals surface area contributed by atoms with Crippen molar-refractivity contribution in [3.05, 3.63) is 0 Å². The highest BCUT2D eigenvalue weighted by molar-refractivity contribution is 5.88. The molecule has 2 rings (SSSR count). The maximum absolute atomic E-state index is 12.1. The Balaban J connectivity index is 1.77. The van der Waals surface area contributed by atoms with E-state index in [-0.39, 0.29) is 29.8 Å². The van der Waals surface area contributed by atoms with E-state index < -0.39 is 0 Å². The molecule has 0 bridgehead atoms. The average Bonchev–Trinajstić information content (AvgIpc) is 3.09. The van der Waals surface area contributed by atoms with E-state index in [4.69, 9.17) is 0 Å². The van der Waals surface area contributed by atoms with E-state index in [1.165, 1.54) is 0 Å². The van der Waals surface area contributed by atoms with Crippen molar-refractivity contribution in [2.45, 2.75) is 51.6 Å². The molecule has 5 nitrogen and oxygen atoms in total. The van der Waals surface area contributed by atoms with Gasteiger partial charge in [0.25, 0.3) is 0 Å². The Bertz CT molecular complexity index is 337. The molecule has 2 amide bonds. The van der Waals surface area contributed by atoms with Crippen LogP contribution in [0.5, 0.6) is 0 Å². The Morgan fingerprint density at radius 1 is 1.33 bits per heavy atom. The van der Waals surface area contributed by atoms with Crippen molar-refractivity contribution in [1.29, 1.82) is 0 Å². The summed E-state index contributed by atoms with van der Waals surface area (Å²) in [4.78, 5) is 23.6. The van der Waals surface area contributed by atoms with Gasteiger partial charge in [-0.2, -0.15) is 0 Å². The van der Waals surface area contributed by atoms with Gasteiger partial charge in [0.05, 0.1) is 12.6 Å². The standard InChI is InChI=1S/C13H23N3O2/c1-13(2)6-3-7-14-11(13)12(18)15-8-10(17)16-9-4-5-9/h9,11,14H,3-8H2,1-2H3,(H,15,18)(H,16,17). The van der Waals surface area contributed by atoms with Crippen molar-refractivity contribution in [3.63, 3.8) is 0 Å². The van der Waals surface area contributed by atoms with Gasteiger partial charge in [0.15, 0.2) is 0 Å². The van der Waals surface area contributed by atoms with Gasteiger partial charge in [-0.3, -0.25) is 9.59 Å². The van der Waals surface area contributed by atoms with Gasteiger partial charge in [-0.15, -0.1) is 0 Å². The van der Waals surface area contributed by atoms with E-state index in [1.54, 1.807) is 0 Å². The first kappa shape index (κ1) is 13.3. The fraction of sp³-hybridized carbons (Fsp3) is 0.846. The first-order valence-corrected chi connectivity index (χ1v) is 6.79. The van der Waals surface area contributed by atoms with Crippen LogP contribution >= 0.6 is 0 Å². The molecule has 0 aromatic heterocycles. The van der Waals surface area contributed by atoms with Gasteiger partial charge in [-0.05, 0) is 37.6 Å². The van der Waals surface area contributed by atoms with Crippen LogP contribution in [0, 0.1) is 5.41 Å². The quantitative estimate of drug-likeness (QED) is 0.668. The highest BCUT2D eigenvalue weighted by Crippen LogP contribution is 2.30. The van der Waals surface area contributed by atoms with Crippen molar-refractivity contribution < 1.29 is 9.59 Å². The largest absolute Gasteiger partial charge is 0.352 e. The Kier molecular flexibility index (Phi) is 3.90. The summed E-state index contributed by atoms with van der Waals surface area (Å²) in [7, 11) is 0. The van der Waals surface area contributed by atoms with Crippen LogP contribution in [-0.4, -0.2) is 37.0 Å². The first-order chi connectivity index (χ1) is 8.49. The smallest absolute Gasteiger partial charge is 0.239 e. The van der Waals surface area contributed by atoms with Crippen LogP contribution < -0.4 is 16.0 Å². The SMILES string of the molecule is CC1(C)CCCNC1C(=O)NCC(=O)NC1CC1. The lowest BCUT2D eigenvalue weighted by Gasteiger charge is -2.38. The van der Waals surface area contributed by atoms with Crippen LogP contribution in [0.4, 0.5) is 0 Å². The molecule has 2 aliphatic rings. The summed E-state index contributed by atoms with van der Waals surface area (Å²) in [6.45, 7) is 5.14. The zero-order valence-electron chi connectivity index (χ0n) is 11.2. The lowest BCUT2D eigenvalue weighted by Crippen LogP contribution is -2.56. The summed E-state index contributed by atoms with van der Waals surface area (Å²) >= 11 is 0. The van der Waals surface area contributed by atoms with Crippen LogP contribution in [0.25, 0.3) is 0 Å². The Labute approximate surface area is 108 Å². The predicted molar refractivity (Wildman–Crippen MR) is 69.0 cm³/mol. The number of carbonyl (C=O) groups excluding carboxylic acids is 2. The molecule has 1 aliphatic heterocycles. The number of piperidine rings is 1. The van der Waals surface area contributed by atoms with Crippen LogP contribution in [0.1, 0.15) is 39.5 Å². The number of hydrogen-bond acceptors (Lipinski definition) is 3. The lowest BCUT2D eigenvalue weighted by atomic mass is 9.77. The highest BCUT2D eigenvalue weighted by Gasteiger charge is 2.37. The van der Waals surface area contributed by atoms with Gasteiger partial charge in [-0.1, -0.05) is 13.8 Å². The maximum Gasteiger partial charge on any atom is 0.239 e. The van der Waals surface area contributed by atoms with Crippen LogP contribution in [0.3, 0.4) is 0 Å². The van der Waals surface area contributed by atoms with E-state index >= 15 is 0 Å². The monoisotopic (exact) mass is 253 g/mol. The molecule has 102 valence electrons. The third-order valence-corrected chi connectivity index (χ3v) is 3.76. The van der Waals surface area contributed by atoms with Gasteiger partial charge in [0, 0.05) is 6.04 Å². The van der Waals surface area contributed by atoms with Gasteiger partial charge in [-0.25, -0.2) is 0 Å². The van der Waals surface area contributed by atoms with Crippen molar-refractivity contribution >= 4 is 11.8 Å². The van der Waals surface area contributed by atoms with Crippen LogP contribution in [-0.2, 0) is 9.59 Å². The van der Waals surface area contributed by atoms with Crippen LogP contribution in [0.15, 0.2) is 0 Å². The second-order valence-corrected chi connectivity index (χ2v) is 6.04. The molecule has 0 radical (unpaired) electrons. The van der Waals surface area contributed by atoms with Gasteiger partial charge < -0.3 is 16.0 Å². The van der Waals surface area contributed by atoms with E-state index in [0.29, 0.717) is 6.04 Å². The number of nitrogens with one attached hydrogen (secondary N) is 3. The maximum atomic E-state index is 12.1. The molecule has 0 aromatic carbocycles. The number of carbonyl (C=O) groups is 2. The van der Waals surface area contributed by atoms with Crippen molar-refractivity contribution in [3.8, 4) is 0 Å². The summed E-state index contributed by atoms with van der Waals surface area (Å²) in [5.41, 5.74) is -0.0463. The summed E-state index contributed by atoms with van der Waals surface area (Å²) in [6, 6.07) is 0.152. The Hall–Kier alpha value is -1.10. The summed E-state index contributed by atoms with van der Waals surface area (Å²) in [6.07, 6.45) is 4.26. The van der Waals surface area contributed by atoms with Gasteiger partial charge in [0.1, 0.15) is 0 Å².